The summed E-state index contributed by atoms with van der Waals surface area (Å²) in [7, 11) is 0. The van der Waals surface area contributed by atoms with Gasteiger partial charge in [0, 0.05) is 0 Å². The molecule has 0 saturated carbocycles. The van der Waals surface area contributed by atoms with Crippen molar-refractivity contribution in [3.63, 3.8) is 0 Å². The molecule has 0 bridgehead atoms. The molecule has 2 N–H and O–H groups in total. The number of carbonyl (C=O) groups is 2. The van der Waals surface area contributed by atoms with Crippen molar-refractivity contribution < 1.29 is 40.3 Å². The molecule has 2 aromatic carbocycles. The molecule has 2 amide bonds. The van der Waals surface area contributed by atoms with E-state index in [2.05, 4.69) is 26.6 Å². The Hall–Kier alpha value is -0.850. The summed E-state index contributed by atoms with van der Waals surface area (Å²) >= 11 is 17.6. The molecule has 0 radical (unpaired) electrons. The Labute approximate surface area is 263 Å². The monoisotopic (exact) mass is 888 g/mol. The SMILES string of the molecule is C[C@H](NC(=O)CC(F)(I)I)NC(=O)c1ccc(/C=C/C(c2cc(Cl)c(Br)c(Cl)c2)C(F)(F)F)cc1C(F)(F)F. The summed E-state index contributed by atoms with van der Waals surface area (Å²) in [5, 5.41) is 4.22. The largest absolute Gasteiger partial charge is 0.417 e. The van der Waals surface area contributed by atoms with Gasteiger partial charge in [-0.3, -0.25) is 9.59 Å². The van der Waals surface area contributed by atoms with Crippen molar-refractivity contribution in [2.75, 3.05) is 0 Å². The molecule has 4 nitrogen and oxygen atoms in total. The fourth-order valence-electron chi connectivity index (χ4n) is 3.25. The van der Waals surface area contributed by atoms with Crippen molar-refractivity contribution in [3.8, 4) is 0 Å². The number of amides is 2. The van der Waals surface area contributed by atoms with E-state index < -0.39 is 55.5 Å². The molecule has 1 unspecified atom stereocenters. The Bertz CT molecular complexity index is 1250. The molecule has 0 aliphatic rings. The fourth-order valence-corrected chi connectivity index (χ4v) is 4.68. The van der Waals surface area contributed by atoms with Gasteiger partial charge in [-0.2, -0.15) is 26.3 Å². The number of allylic oxidation sites excluding steroid dienone is 1. The van der Waals surface area contributed by atoms with Gasteiger partial charge in [0.2, 0.25) is 7.59 Å². The molecule has 16 heteroatoms. The maximum Gasteiger partial charge on any atom is 0.417 e. The van der Waals surface area contributed by atoms with Gasteiger partial charge in [-0.25, -0.2) is 4.39 Å². The van der Waals surface area contributed by atoms with Crippen LogP contribution in [0.25, 0.3) is 6.08 Å². The minimum atomic E-state index is -5.05. The van der Waals surface area contributed by atoms with E-state index in [0.29, 0.717) is 12.1 Å². The van der Waals surface area contributed by atoms with Crippen molar-refractivity contribution in [2.24, 2.45) is 0 Å². The van der Waals surface area contributed by atoms with E-state index in [4.69, 9.17) is 23.2 Å². The van der Waals surface area contributed by atoms with Crippen molar-refractivity contribution in [1.29, 1.82) is 0 Å². The summed E-state index contributed by atoms with van der Waals surface area (Å²) < 4.78 is 94.5. The van der Waals surface area contributed by atoms with Crippen molar-refractivity contribution in [2.45, 2.75) is 39.5 Å². The summed E-state index contributed by atoms with van der Waals surface area (Å²) in [5.74, 6) is -4.26. The third-order valence-corrected chi connectivity index (χ3v) is 7.55. The van der Waals surface area contributed by atoms with E-state index in [1.54, 1.807) is 0 Å². The minimum Gasteiger partial charge on any atom is -0.336 e. The average molecular weight is 890 g/mol. The number of hydrogen-bond acceptors (Lipinski definition) is 2. The van der Waals surface area contributed by atoms with Crippen LogP contribution in [0.5, 0.6) is 0 Å². The van der Waals surface area contributed by atoms with Gasteiger partial charge in [-0.15, -0.1) is 0 Å². The van der Waals surface area contributed by atoms with Gasteiger partial charge in [-0.05, 0) is 103 Å². The number of hydrogen-bond donors (Lipinski definition) is 2. The number of alkyl halides is 9. The van der Waals surface area contributed by atoms with Crippen LogP contribution in [-0.4, -0.2) is 25.8 Å². The number of benzene rings is 2. The number of nitrogens with one attached hydrogen (secondary N) is 2. The van der Waals surface area contributed by atoms with Crippen LogP contribution in [-0.2, 0) is 11.0 Å². The standard InChI is InChI=1S/C23H16BrCl2F7I2N2O2/c1-10(36-18(38)9-21(27,34)35)37-20(39)13-4-2-11(6-15(13)23(31,32)33)3-5-14(22(28,29)30)12-7-16(25)19(24)17(26)8-12/h2-8,10,14H,9H2,1H3,(H,36,38)(H,37,39)/b5-3+/t10-,14?/m1/s1. The molecule has 0 fully saturated rings. The van der Waals surface area contributed by atoms with E-state index in [0.717, 1.165) is 30.3 Å². The molecule has 214 valence electrons. The first-order valence-corrected chi connectivity index (χ1v) is 14.2. The van der Waals surface area contributed by atoms with Gasteiger partial charge >= 0.3 is 12.4 Å². The number of rotatable bonds is 8. The molecule has 2 aromatic rings. The molecular formula is C23H16BrCl2F7I2N2O2. The smallest absolute Gasteiger partial charge is 0.336 e. The first-order valence-electron chi connectivity index (χ1n) is 10.5. The highest BCUT2D eigenvalue weighted by molar-refractivity contribution is 14.2. The Balaban J connectivity index is 2.36. The summed E-state index contributed by atoms with van der Waals surface area (Å²) in [6.45, 7) is 1.26. The normalized spacial score (nSPS) is 14.3. The van der Waals surface area contributed by atoms with Crippen molar-refractivity contribution in [3.05, 3.63) is 73.2 Å². The molecule has 0 aliphatic heterocycles. The van der Waals surface area contributed by atoms with Crippen LogP contribution in [0.3, 0.4) is 0 Å². The topological polar surface area (TPSA) is 58.2 Å². The van der Waals surface area contributed by atoms with E-state index in [-0.39, 0.29) is 25.6 Å². The van der Waals surface area contributed by atoms with Gasteiger partial charge in [-0.1, -0.05) is 41.4 Å². The predicted octanol–water partition coefficient (Wildman–Crippen LogP) is 9.21. The second kappa shape index (κ2) is 13.4. The third-order valence-electron chi connectivity index (χ3n) is 4.88. The summed E-state index contributed by atoms with van der Waals surface area (Å²) in [5.41, 5.74) is -2.86. The highest BCUT2D eigenvalue weighted by Gasteiger charge is 2.40. The van der Waals surface area contributed by atoms with Crippen LogP contribution < -0.4 is 10.6 Å². The van der Waals surface area contributed by atoms with Gasteiger partial charge in [0.1, 0.15) is 0 Å². The van der Waals surface area contributed by atoms with E-state index in [9.17, 15) is 40.3 Å². The maximum absolute atomic E-state index is 13.8. The fraction of sp³-hybridized carbons (Fsp3) is 0.304. The molecule has 2 rings (SSSR count). The zero-order valence-electron chi connectivity index (χ0n) is 19.3. The lowest BCUT2D eigenvalue weighted by Gasteiger charge is -2.20. The van der Waals surface area contributed by atoms with Crippen molar-refractivity contribution >= 4 is 102 Å². The van der Waals surface area contributed by atoms with Gasteiger partial charge in [0.25, 0.3) is 5.91 Å². The summed E-state index contributed by atoms with van der Waals surface area (Å²) in [6.07, 6.45) is -10.1. The molecule has 0 saturated heterocycles. The Morgan fingerprint density at radius 3 is 2.05 bits per heavy atom. The van der Waals surface area contributed by atoms with Crippen molar-refractivity contribution in [1.82, 2.24) is 10.6 Å². The quantitative estimate of drug-likeness (QED) is 0.0914. The first-order chi connectivity index (χ1) is 17.7. The summed E-state index contributed by atoms with van der Waals surface area (Å²) in [4.78, 5) is 24.4. The van der Waals surface area contributed by atoms with Crippen LogP contribution in [0.15, 0.2) is 40.9 Å². The van der Waals surface area contributed by atoms with Gasteiger partial charge < -0.3 is 10.6 Å². The van der Waals surface area contributed by atoms with Gasteiger partial charge in [0.05, 0.1) is 44.1 Å². The van der Waals surface area contributed by atoms with Crippen LogP contribution in [0.1, 0.15) is 46.3 Å². The maximum atomic E-state index is 13.8. The molecule has 0 aromatic heterocycles. The molecule has 0 heterocycles. The lowest BCUT2D eigenvalue weighted by Crippen LogP contribution is -2.46. The summed E-state index contributed by atoms with van der Waals surface area (Å²) in [6, 6.07) is 4.41. The third kappa shape index (κ3) is 10.5. The van der Waals surface area contributed by atoms with E-state index in [1.165, 1.54) is 52.1 Å². The van der Waals surface area contributed by atoms with Crippen LogP contribution in [0, 0.1) is 0 Å². The zero-order valence-corrected chi connectivity index (χ0v) is 26.7. The van der Waals surface area contributed by atoms with E-state index in [1.807, 2.05) is 0 Å². The lowest BCUT2D eigenvalue weighted by molar-refractivity contribution is -0.139. The van der Waals surface area contributed by atoms with Gasteiger partial charge in [0.15, 0.2) is 0 Å². The van der Waals surface area contributed by atoms with Crippen LogP contribution in [0.2, 0.25) is 10.0 Å². The highest BCUT2D eigenvalue weighted by Crippen LogP contribution is 2.41. The second-order valence-electron chi connectivity index (χ2n) is 8.03. The van der Waals surface area contributed by atoms with E-state index >= 15 is 0 Å². The Morgan fingerprint density at radius 2 is 1.56 bits per heavy atom. The first kappa shape index (κ1) is 34.4. The number of halogens is 12. The second-order valence-corrected chi connectivity index (χ2v) is 15.1. The zero-order chi connectivity index (χ0) is 29.9. The molecule has 2 atom stereocenters. The molecule has 0 spiro atoms. The molecule has 39 heavy (non-hydrogen) atoms. The number of carbonyl (C=O) groups excluding carboxylic acids is 2. The average Bonchev–Trinajstić information content (AvgIpc) is 2.74. The lowest BCUT2D eigenvalue weighted by atomic mass is 9.96. The minimum absolute atomic E-state index is 0.0899. The highest BCUT2D eigenvalue weighted by atomic mass is 127. The Morgan fingerprint density at radius 1 is 1.00 bits per heavy atom. The molecular weight excluding hydrogens is 874 g/mol. The molecule has 0 aliphatic carbocycles. The van der Waals surface area contributed by atoms with Crippen LogP contribution in [0.4, 0.5) is 30.7 Å². The van der Waals surface area contributed by atoms with Crippen LogP contribution >= 0.6 is 84.3 Å². The Kier molecular flexibility index (Phi) is 11.8. The predicted molar refractivity (Wildman–Crippen MR) is 155 cm³/mol.